The predicted octanol–water partition coefficient (Wildman–Crippen LogP) is -0.129. The van der Waals surface area contributed by atoms with Crippen LogP contribution in [0.2, 0.25) is 0 Å². The molecule has 94 valence electrons. The smallest absolute Gasteiger partial charge is 0.236 e. The molecule has 5 nitrogen and oxygen atoms in total. The van der Waals surface area contributed by atoms with Crippen LogP contribution in [-0.4, -0.2) is 37.5 Å². The molecule has 0 fully saturated rings. The van der Waals surface area contributed by atoms with E-state index in [1.807, 2.05) is 20.8 Å². The Hall–Kier alpha value is -1.10. The van der Waals surface area contributed by atoms with Crippen LogP contribution in [0.25, 0.3) is 0 Å². The number of likely N-dealkylation sites (N-methyl/N-ethyl adjacent to an activating group) is 1. The lowest BCUT2D eigenvalue weighted by atomic mass is 10.1. The fourth-order valence-electron chi connectivity index (χ4n) is 1.03. The van der Waals surface area contributed by atoms with Crippen LogP contribution in [0, 0.1) is 5.92 Å². The number of nitrogens with one attached hydrogen (secondary N) is 3. The van der Waals surface area contributed by atoms with E-state index in [4.69, 9.17) is 0 Å². The summed E-state index contributed by atoms with van der Waals surface area (Å²) in [4.78, 5) is 22.6. The van der Waals surface area contributed by atoms with Gasteiger partial charge in [0, 0.05) is 13.1 Å². The van der Waals surface area contributed by atoms with Crippen molar-refractivity contribution in [3.63, 3.8) is 0 Å². The Morgan fingerprint density at radius 2 is 1.69 bits per heavy atom. The zero-order valence-electron chi connectivity index (χ0n) is 10.8. The monoisotopic (exact) mass is 229 g/mol. The first-order valence-corrected chi connectivity index (χ1v) is 5.62. The van der Waals surface area contributed by atoms with Crippen molar-refractivity contribution in [2.45, 2.75) is 39.8 Å². The van der Waals surface area contributed by atoms with Gasteiger partial charge in [-0.3, -0.25) is 14.9 Å². The van der Waals surface area contributed by atoms with Crippen LogP contribution in [0.3, 0.4) is 0 Å². The molecule has 0 aliphatic heterocycles. The summed E-state index contributed by atoms with van der Waals surface area (Å²) in [7, 11) is 1.57. The molecule has 0 heterocycles. The minimum Gasteiger partial charge on any atom is -0.358 e. The lowest BCUT2D eigenvalue weighted by molar-refractivity contribution is -0.123. The van der Waals surface area contributed by atoms with Crippen molar-refractivity contribution in [3.05, 3.63) is 0 Å². The second kappa shape index (κ2) is 7.22. The Labute approximate surface area is 97.4 Å². The van der Waals surface area contributed by atoms with E-state index in [1.54, 1.807) is 14.0 Å². The van der Waals surface area contributed by atoms with Gasteiger partial charge in [0.15, 0.2) is 0 Å². The van der Waals surface area contributed by atoms with Gasteiger partial charge in [-0.2, -0.15) is 0 Å². The second-order valence-electron chi connectivity index (χ2n) is 4.32. The first kappa shape index (κ1) is 14.9. The van der Waals surface area contributed by atoms with E-state index in [2.05, 4.69) is 16.0 Å². The van der Waals surface area contributed by atoms with Gasteiger partial charge in [0.2, 0.25) is 11.8 Å². The third-order valence-electron chi connectivity index (χ3n) is 2.60. The van der Waals surface area contributed by atoms with Gasteiger partial charge in [0.1, 0.15) is 0 Å². The summed E-state index contributed by atoms with van der Waals surface area (Å²) in [6, 6.07) is -0.213. The first-order valence-electron chi connectivity index (χ1n) is 5.62. The van der Waals surface area contributed by atoms with Gasteiger partial charge in [-0.15, -0.1) is 0 Å². The second-order valence-corrected chi connectivity index (χ2v) is 4.32. The maximum absolute atomic E-state index is 11.5. The van der Waals surface area contributed by atoms with Crippen molar-refractivity contribution in [1.29, 1.82) is 0 Å². The summed E-state index contributed by atoms with van der Waals surface area (Å²) < 4.78 is 0. The van der Waals surface area contributed by atoms with Gasteiger partial charge in [0.25, 0.3) is 0 Å². The number of hydrogen-bond donors (Lipinski definition) is 3. The summed E-state index contributed by atoms with van der Waals surface area (Å²) in [5.74, 6) is 0.196. The highest BCUT2D eigenvalue weighted by atomic mass is 16.2. The van der Waals surface area contributed by atoms with Crippen molar-refractivity contribution < 1.29 is 9.59 Å². The van der Waals surface area contributed by atoms with Gasteiger partial charge in [-0.1, -0.05) is 13.8 Å². The molecule has 0 aromatic rings. The average molecular weight is 229 g/mol. The van der Waals surface area contributed by atoms with Gasteiger partial charge in [-0.25, -0.2) is 0 Å². The van der Waals surface area contributed by atoms with Crippen LogP contribution in [0.1, 0.15) is 27.7 Å². The number of hydrogen-bond acceptors (Lipinski definition) is 3. The molecule has 0 spiro atoms. The topological polar surface area (TPSA) is 70.2 Å². The molecule has 0 bridgehead atoms. The highest BCUT2D eigenvalue weighted by molar-refractivity contribution is 5.83. The third kappa shape index (κ3) is 5.70. The van der Waals surface area contributed by atoms with Crippen LogP contribution in [0.4, 0.5) is 0 Å². The Morgan fingerprint density at radius 1 is 1.12 bits per heavy atom. The maximum Gasteiger partial charge on any atom is 0.236 e. The lowest BCUT2D eigenvalue weighted by Gasteiger charge is -2.18. The van der Waals surface area contributed by atoms with Crippen LogP contribution in [-0.2, 0) is 9.59 Å². The Balaban J connectivity index is 3.86. The molecule has 0 radical (unpaired) electrons. The molecular formula is C11H23N3O2. The molecule has 0 rings (SSSR count). The summed E-state index contributed by atoms with van der Waals surface area (Å²) in [6.07, 6.45) is 0. The van der Waals surface area contributed by atoms with Gasteiger partial charge in [0.05, 0.1) is 12.6 Å². The molecular weight excluding hydrogens is 206 g/mol. The zero-order valence-corrected chi connectivity index (χ0v) is 10.8. The molecule has 5 heteroatoms. The summed E-state index contributed by atoms with van der Waals surface area (Å²) in [5.41, 5.74) is 0. The SMILES string of the molecule is CNC(=O)C(C)NCC(=O)NC(C)C(C)C. The van der Waals surface area contributed by atoms with E-state index in [-0.39, 0.29) is 30.4 Å². The molecule has 16 heavy (non-hydrogen) atoms. The Bertz CT molecular complexity index is 241. The van der Waals surface area contributed by atoms with Crippen LogP contribution < -0.4 is 16.0 Å². The molecule has 2 atom stereocenters. The average Bonchev–Trinajstić information content (AvgIpc) is 2.24. The molecule has 0 saturated heterocycles. The van der Waals surface area contributed by atoms with Gasteiger partial charge in [-0.05, 0) is 19.8 Å². The minimum atomic E-state index is -0.356. The molecule has 2 unspecified atom stereocenters. The quantitative estimate of drug-likeness (QED) is 0.594. The highest BCUT2D eigenvalue weighted by Gasteiger charge is 2.14. The molecule has 3 N–H and O–H groups in total. The summed E-state index contributed by atoms with van der Waals surface area (Å²) >= 11 is 0. The molecule has 0 aromatic carbocycles. The fraction of sp³-hybridized carbons (Fsp3) is 0.818. The number of rotatable bonds is 6. The van der Waals surface area contributed by atoms with Crippen molar-refractivity contribution in [3.8, 4) is 0 Å². The number of carbonyl (C=O) groups is 2. The first-order chi connectivity index (χ1) is 7.38. The van der Waals surface area contributed by atoms with Crippen molar-refractivity contribution in [2.75, 3.05) is 13.6 Å². The molecule has 0 saturated carbocycles. The summed E-state index contributed by atoms with van der Waals surface area (Å²) in [5, 5.41) is 8.23. The molecule has 0 aliphatic carbocycles. The standard InChI is InChI=1S/C11H23N3O2/c1-7(2)8(3)14-10(15)6-13-9(4)11(16)12-5/h7-9,13H,6H2,1-5H3,(H,12,16)(H,14,15). The van der Waals surface area contributed by atoms with Crippen molar-refractivity contribution in [1.82, 2.24) is 16.0 Å². The lowest BCUT2D eigenvalue weighted by Crippen LogP contribution is -2.47. The van der Waals surface area contributed by atoms with Gasteiger partial charge < -0.3 is 10.6 Å². The predicted molar refractivity (Wildman–Crippen MR) is 64.0 cm³/mol. The maximum atomic E-state index is 11.5. The number of amides is 2. The van der Waals surface area contributed by atoms with E-state index in [1.165, 1.54) is 0 Å². The molecule has 0 aromatic heterocycles. The van der Waals surface area contributed by atoms with E-state index in [0.29, 0.717) is 5.92 Å². The molecule has 0 aliphatic rings. The molecule has 2 amide bonds. The highest BCUT2D eigenvalue weighted by Crippen LogP contribution is 1.98. The van der Waals surface area contributed by atoms with Crippen molar-refractivity contribution >= 4 is 11.8 Å². The third-order valence-corrected chi connectivity index (χ3v) is 2.60. The zero-order chi connectivity index (χ0) is 12.7. The van der Waals surface area contributed by atoms with Crippen LogP contribution in [0.5, 0.6) is 0 Å². The minimum absolute atomic E-state index is 0.0862. The fourth-order valence-corrected chi connectivity index (χ4v) is 1.03. The Morgan fingerprint density at radius 3 is 2.12 bits per heavy atom. The normalized spacial score (nSPS) is 14.4. The van der Waals surface area contributed by atoms with Crippen molar-refractivity contribution in [2.24, 2.45) is 5.92 Å². The van der Waals surface area contributed by atoms with E-state index >= 15 is 0 Å². The van der Waals surface area contributed by atoms with E-state index < -0.39 is 0 Å². The summed E-state index contributed by atoms with van der Waals surface area (Å²) in [6.45, 7) is 7.94. The van der Waals surface area contributed by atoms with Crippen LogP contribution >= 0.6 is 0 Å². The largest absolute Gasteiger partial charge is 0.358 e. The Kier molecular flexibility index (Phi) is 6.72. The van der Waals surface area contributed by atoms with E-state index in [9.17, 15) is 9.59 Å². The van der Waals surface area contributed by atoms with E-state index in [0.717, 1.165) is 0 Å². The van der Waals surface area contributed by atoms with Crippen LogP contribution in [0.15, 0.2) is 0 Å². The van der Waals surface area contributed by atoms with Gasteiger partial charge >= 0.3 is 0 Å². The number of carbonyl (C=O) groups excluding carboxylic acids is 2.